The van der Waals surface area contributed by atoms with E-state index < -0.39 is 11.9 Å². The van der Waals surface area contributed by atoms with Gasteiger partial charge in [0.2, 0.25) is 11.8 Å². The minimum atomic E-state index is -0.628. The summed E-state index contributed by atoms with van der Waals surface area (Å²) in [4.78, 5) is 27.0. The van der Waals surface area contributed by atoms with Crippen molar-refractivity contribution in [3.63, 3.8) is 0 Å². The molecule has 0 radical (unpaired) electrons. The molecule has 0 saturated heterocycles. The third-order valence-electron chi connectivity index (χ3n) is 5.36. The molecule has 0 fully saturated rings. The Bertz CT molecular complexity index is 946. The molecule has 1 heterocycles. The smallest absolute Gasteiger partial charge is 0.240 e. The number of hydrogen-bond acceptors (Lipinski definition) is 2. The van der Waals surface area contributed by atoms with Gasteiger partial charge in [0.1, 0.15) is 6.04 Å². The second-order valence-corrected chi connectivity index (χ2v) is 7.09. The molecule has 3 aromatic carbocycles. The quantitative estimate of drug-likeness (QED) is 0.745. The van der Waals surface area contributed by atoms with Gasteiger partial charge in [-0.25, -0.2) is 0 Å². The van der Waals surface area contributed by atoms with E-state index in [9.17, 15) is 9.59 Å². The molecule has 0 saturated carbocycles. The van der Waals surface area contributed by atoms with Crippen molar-refractivity contribution in [2.24, 2.45) is 5.73 Å². The monoisotopic (exact) mass is 370 g/mol. The van der Waals surface area contributed by atoms with Crippen LogP contribution in [0.4, 0.5) is 5.69 Å². The predicted octanol–water partition coefficient (Wildman–Crippen LogP) is 3.65. The van der Waals surface area contributed by atoms with Crippen LogP contribution in [0.3, 0.4) is 0 Å². The Morgan fingerprint density at radius 3 is 1.96 bits per heavy atom. The van der Waals surface area contributed by atoms with Crippen LogP contribution in [0.15, 0.2) is 84.9 Å². The van der Waals surface area contributed by atoms with Crippen molar-refractivity contribution in [3.05, 3.63) is 102 Å². The fraction of sp³-hybridized carbons (Fsp3) is 0.167. The Morgan fingerprint density at radius 2 is 1.39 bits per heavy atom. The number of nitrogens with zero attached hydrogens (tertiary/aromatic N) is 1. The average molecular weight is 370 g/mol. The fourth-order valence-corrected chi connectivity index (χ4v) is 3.99. The lowest BCUT2D eigenvalue weighted by Crippen LogP contribution is -2.46. The van der Waals surface area contributed by atoms with E-state index in [0.717, 1.165) is 22.4 Å². The van der Waals surface area contributed by atoms with Crippen LogP contribution in [-0.4, -0.2) is 17.9 Å². The van der Waals surface area contributed by atoms with Crippen LogP contribution in [-0.2, 0) is 16.0 Å². The number of carbonyl (C=O) groups is 2. The molecule has 1 aliphatic heterocycles. The van der Waals surface area contributed by atoms with E-state index in [1.54, 1.807) is 4.90 Å². The molecule has 2 amide bonds. The van der Waals surface area contributed by atoms with Crippen LogP contribution >= 0.6 is 0 Å². The number of amides is 2. The summed E-state index contributed by atoms with van der Waals surface area (Å²) in [5.74, 6) is -0.650. The van der Waals surface area contributed by atoms with Crippen molar-refractivity contribution < 1.29 is 9.59 Å². The molecular formula is C24H22N2O2. The minimum absolute atomic E-state index is 0.0869. The highest BCUT2D eigenvalue weighted by Crippen LogP contribution is 2.35. The first kappa shape index (κ1) is 18.0. The Morgan fingerprint density at radius 1 is 0.857 bits per heavy atom. The highest BCUT2D eigenvalue weighted by atomic mass is 16.2. The van der Waals surface area contributed by atoms with Crippen LogP contribution in [0.1, 0.15) is 29.0 Å². The summed E-state index contributed by atoms with van der Waals surface area (Å²) >= 11 is 0. The largest absolute Gasteiger partial charge is 0.368 e. The van der Waals surface area contributed by atoms with Crippen LogP contribution in [0.25, 0.3) is 0 Å². The van der Waals surface area contributed by atoms with E-state index in [-0.39, 0.29) is 18.2 Å². The lowest BCUT2D eigenvalue weighted by Gasteiger charge is -2.26. The molecule has 4 nitrogen and oxygen atoms in total. The van der Waals surface area contributed by atoms with Crippen molar-refractivity contribution in [1.29, 1.82) is 0 Å². The Labute approximate surface area is 164 Å². The molecule has 2 N–H and O–H groups in total. The van der Waals surface area contributed by atoms with E-state index in [1.807, 2.05) is 84.9 Å². The maximum absolute atomic E-state index is 13.4. The highest BCUT2D eigenvalue weighted by molar-refractivity contribution is 6.03. The second kappa shape index (κ2) is 7.69. The van der Waals surface area contributed by atoms with Gasteiger partial charge in [-0.2, -0.15) is 0 Å². The minimum Gasteiger partial charge on any atom is -0.368 e. The average Bonchev–Trinajstić information content (AvgIpc) is 3.13. The summed E-state index contributed by atoms with van der Waals surface area (Å²) in [5.41, 5.74) is 9.54. The van der Waals surface area contributed by atoms with Crippen LogP contribution in [0, 0.1) is 0 Å². The zero-order chi connectivity index (χ0) is 19.5. The molecular weight excluding hydrogens is 348 g/mol. The fourth-order valence-electron chi connectivity index (χ4n) is 3.99. The molecule has 0 aliphatic carbocycles. The first-order valence-electron chi connectivity index (χ1n) is 9.44. The van der Waals surface area contributed by atoms with E-state index in [2.05, 4.69) is 0 Å². The standard InChI is InChI=1S/C24H22N2O2/c25-24(28)22-15-19-13-7-8-14-21(19)26(22)23(27)16-20(17-9-3-1-4-10-17)18-11-5-2-6-12-18/h1-14,20,22H,15-16H2,(H2,25,28). The Hall–Kier alpha value is -3.40. The predicted molar refractivity (Wildman–Crippen MR) is 110 cm³/mol. The topological polar surface area (TPSA) is 63.4 Å². The summed E-state index contributed by atoms with van der Waals surface area (Å²) in [5, 5.41) is 0. The Balaban J connectivity index is 1.69. The molecule has 0 aromatic heterocycles. The molecule has 1 aliphatic rings. The van der Waals surface area contributed by atoms with E-state index >= 15 is 0 Å². The molecule has 3 aromatic rings. The summed E-state index contributed by atoms with van der Waals surface area (Å²) in [6, 6.07) is 27.0. The maximum atomic E-state index is 13.4. The van der Waals surface area contributed by atoms with Gasteiger partial charge in [-0.1, -0.05) is 78.9 Å². The molecule has 0 spiro atoms. The van der Waals surface area contributed by atoms with E-state index in [1.165, 1.54) is 0 Å². The molecule has 4 rings (SSSR count). The first-order chi connectivity index (χ1) is 13.6. The van der Waals surface area contributed by atoms with Gasteiger partial charge in [0.15, 0.2) is 0 Å². The van der Waals surface area contributed by atoms with Gasteiger partial charge in [0, 0.05) is 24.4 Å². The van der Waals surface area contributed by atoms with Crippen molar-refractivity contribution in [2.45, 2.75) is 24.8 Å². The number of hydrogen-bond donors (Lipinski definition) is 1. The first-order valence-corrected chi connectivity index (χ1v) is 9.44. The van der Waals surface area contributed by atoms with Gasteiger partial charge in [0.25, 0.3) is 0 Å². The maximum Gasteiger partial charge on any atom is 0.240 e. The number of para-hydroxylation sites is 1. The van der Waals surface area contributed by atoms with Crippen molar-refractivity contribution >= 4 is 17.5 Å². The molecule has 1 atom stereocenters. The molecule has 4 heteroatoms. The molecule has 28 heavy (non-hydrogen) atoms. The zero-order valence-corrected chi connectivity index (χ0v) is 15.5. The third-order valence-corrected chi connectivity index (χ3v) is 5.36. The second-order valence-electron chi connectivity index (χ2n) is 7.09. The number of benzene rings is 3. The number of fused-ring (bicyclic) bond motifs is 1. The van der Waals surface area contributed by atoms with Crippen LogP contribution in [0.5, 0.6) is 0 Å². The molecule has 1 unspecified atom stereocenters. The van der Waals surface area contributed by atoms with Gasteiger partial charge >= 0.3 is 0 Å². The number of anilines is 1. The molecule has 0 bridgehead atoms. The van der Waals surface area contributed by atoms with Gasteiger partial charge in [-0.05, 0) is 22.8 Å². The number of primary amides is 1. The van der Waals surface area contributed by atoms with Crippen molar-refractivity contribution in [1.82, 2.24) is 0 Å². The zero-order valence-electron chi connectivity index (χ0n) is 15.5. The Kier molecular flexibility index (Phi) is 4.94. The summed E-state index contributed by atoms with van der Waals surface area (Å²) in [7, 11) is 0. The number of carbonyl (C=O) groups excluding carboxylic acids is 2. The summed E-state index contributed by atoms with van der Waals surface area (Å²) in [6.07, 6.45) is 0.741. The van der Waals surface area contributed by atoms with Crippen molar-refractivity contribution in [2.75, 3.05) is 4.90 Å². The van der Waals surface area contributed by atoms with Crippen LogP contribution in [0.2, 0.25) is 0 Å². The van der Waals surface area contributed by atoms with Gasteiger partial charge in [0.05, 0.1) is 0 Å². The summed E-state index contributed by atoms with van der Waals surface area (Å²) in [6.45, 7) is 0. The molecule has 140 valence electrons. The SMILES string of the molecule is NC(=O)C1Cc2ccccc2N1C(=O)CC(c1ccccc1)c1ccccc1. The summed E-state index contributed by atoms with van der Waals surface area (Å²) < 4.78 is 0. The van der Waals surface area contributed by atoms with E-state index in [4.69, 9.17) is 5.73 Å². The van der Waals surface area contributed by atoms with Gasteiger partial charge < -0.3 is 5.73 Å². The number of rotatable bonds is 5. The lowest BCUT2D eigenvalue weighted by molar-refractivity contribution is -0.124. The van der Waals surface area contributed by atoms with Gasteiger partial charge in [-0.3, -0.25) is 14.5 Å². The van der Waals surface area contributed by atoms with Gasteiger partial charge in [-0.15, -0.1) is 0 Å². The normalized spacial score (nSPS) is 15.5. The van der Waals surface area contributed by atoms with E-state index in [0.29, 0.717) is 6.42 Å². The highest BCUT2D eigenvalue weighted by Gasteiger charge is 2.37. The lowest BCUT2D eigenvalue weighted by atomic mass is 9.88. The van der Waals surface area contributed by atoms with Crippen LogP contribution < -0.4 is 10.6 Å². The number of nitrogens with two attached hydrogens (primary N) is 1. The third kappa shape index (κ3) is 3.41. The van der Waals surface area contributed by atoms with Crippen molar-refractivity contribution in [3.8, 4) is 0 Å².